The average Bonchev–Trinajstić information content (AvgIpc) is 2.05. The van der Waals surface area contributed by atoms with Crippen molar-refractivity contribution in [2.45, 2.75) is 0 Å². The van der Waals surface area contributed by atoms with Crippen LogP contribution in [0.1, 0.15) is 0 Å². The lowest BCUT2D eigenvalue weighted by Crippen LogP contribution is -3.00. The molecule has 2 nitrogen and oxygen atoms in total. The minimum Gasteiger partial charge on any atom is -1.00 e. The lowest BCUT2D eigenvalue weighted by molar-refractivity contribution is -0.375. The molecule has 0 bridgehead atoms. The number of hydrogen-bond acceptors (Lipinski definition) is 1. The van der Waals surface area contributed by atoms with Gasteiger partial charge in [0.15, 0.2) is 12.4 Å². The highest BCUT2D eigenvalue weighted by Gasteiger charge is 1.91. The molecular formula is C8H7IN2. The molecule has 0 radical (unpaired) electrons. The van der Waals surface area contributed by atoms with Gasteiger partial charge in [-0.25, -0.2) is 4.98 Å². The molecule has 2 rings (SSSR count). The monoisotopic (exact) mass is 258 g/mol. The summed E-state index contributed by atoms with van der Waals surface area (Å²) < 4.78 is 0. The highest BCUT2D eigenvalue weighted by atomic mass is 127. The van der Waals surface area contributed by atoms with Crippen molar-refractivity contribution in [1.29, 1.82) is 0 Å². The number of aromatic amines is 1. The van der Waals surface area contributed by atoms with Crippen LogP contribution in [0, 0.1) is 0 Å². The number of nitrogens with zero attached hydrogens (tertiary/aromatic N) is 1. The second-order valence-corrected chi connectivity index (χ2v) is 2.12. The van der Waals surface area contributed by atoms with Crippen molar-refractivity contribution >= 4 is 10.9 Å². The second kappa shape index (κ2) is 3.61. The summed E-state index contributed by atoms with van der Waals surface area (Å²) in [5, 5.41) is 1.14. The molecule has 2 aromatic rings. The van der Waals surface area contributed by atoms with Crippen LogP contribution in [0.2, 0.25) is 0 Å². The van der Waals surface area contributed by atoms with E-state index in [0.717, 1.165) is 10.9 Å². The van der Waals surface area contributed by atoms with Gasteiger partial charge >= 0.3 is 0 Å². The van der Waals surface area contributed by atoms with Crippen molar-refractivity contribution in [3.05, 3.63) is 36.8 Å². The predicted octanol–water partition coefficient (Wildman–Crippen LogP) is -1.95. The van der Waals surface area contributed by atoms with Crippen LogP contribution in [0.5, 0.6) is 0 Å². The van der Waals surface area contributed by atoms with Gasteiger partial charge in [0.25, 0.3) is 0 Å². The zero-order valence-electron chi connectivity index (χ0n) is 5.79. The Hall–Kier alpha value is -0.710. The van der Waals surface area contributed by atoms with E-state index >= 15 is 0 Å². The van der Waals surface area contributed by atoms with Gasteiger partial charge in [-0.1, -0.05) is 0 Å². The second-order valence-electron chi connectivity index (χ2n) is 2.12. The van der Waals surface area contributed by atoms with Crippen molar-refractivity contribution < 1.29 is 29.0 Å². The first-order valence-electron chi connectivity index (χ1n) is 3.18. The van der Waals surface area contributed by atoms with E-state index in [1.54, 1.807) is 6.20 Å². The quantitative estimate of drug-likeness (QED) is 0.505. The van der Waals surface area contributed by atoms with Crippen molar-refractivity contribution in [2.75, 3.05) is 0 Å². The van der Waals surface area contributed by atoms with Crippen molar-refractivity contribution in [2.24, 2.45) is 0 Å². The van der Waals surface area contributed by atoms with Gasteiger partial charge in [-0.15, -0.1) is 0 Å². The van der Waals surface area contributed by atoms with Crippen molar-refractivity contribution in [3.8, 4) is 0 Å². The molecule has 0 unspecified atom stereocenters. The fraction of sp³-hybridized carbons (Fsp3) is 0. The Bertz CT molecular complexity index is 283. The van der Waals surface area contributed by atoms with E-state index < -0.39 is 0 Å². The molecule has 3 heteroatoms. The molecule has 11 heavy (non-hydrogen) atoms. The Morgan fingerprint density at radius 2 is 2.18 bits per heavy atom. The van der Waals surface area contributed by atoms with Crippen LogP contribution < -0.4 is 29.0 Å². The largest absolute Gasteiger partial charge is 1.00 e. The molecule has 0 spiro atoms. The van der Waals surface area contributed by atoms with E-state index in [-0.39, 0.29) is 24.0 Å². The molecule has 0 saturated carbocycles. The standard InChI is InChI=1S/C8H6N2.HI/c1-2-7-6-9-5-3-8(7)10-4-1;/h1-6H;1H. The first-order valence-corrected chi connectivity index (χ1v) is 3.18. The van der Waals surface area contributed by atoms with Crippen LogP contribution in [-0.2, 0) is 0 Å². The fourth-order valence-corrected chi connectivity index (χ4v) is 0.956. The maximum Gasteiger partial charge on any atom is 0.176 e. The Morgan fingerprint density at radius 1 is 1.27 bits per heavy atom. The van der Waals surface area contributed by atoms with Crippen molar-refractivity contribution in [3.63, 3.8) is 0 Å². The van der Waals surface area contributed by atoms with Crippen LogP contribution in [-0.4, -0.2) is 4.98 Å². The molecule has 1 N–H and O–H groups in total. The van der Waals surface area contributed by atoms with E-state index in [0.29, 0.717) is 0 Å². The highest BCUT2D eigenvalue weighted by Crippen LogP contribution is 2.04. The molecule has 0 saturated heterocycles. The van der Waals surface area contributed by atoms with E-state index in [1.807, 2.05) is 30.6 Å². The van der Waals surface area contributed by atoms with Crippen molar-refractivity contribution in [1.82, 2.24) is 4.98 Å². The number of aromatic nitrogens is 2. The zero-order chi connectivity index (χ0) is 6.81. The molecule has 2 aromatic heterocycles. The molecule has 0 aromatic carbocycles. The lowest BCUT2D eigenvalue weighted by atomic mass is 10.3. The molecule has 0 aliphatic carbocycles. The summed E-state index contributed by atoms with van der Waals surface area (Å²) in [5.74, 6) is 0. The molecule has 2 heterocycles. The summed E-state index contributed by atoms with van der Waals surface area (Å²) in [5.41, 5.74) is 1.03. The van der Waals surface area contributed by atoms with E-state index in [4.69, 9.17) is 0 Å². The molecule has 0 aliphatic heterocycles. The van der Waals surface area contributed by atoms with Gasteiger partial charge < -0.3 is 24.0 Å². The normalized spacial score (nSPS) is 9.09. The van der Waals surface area contributed by atoms with E-state index in [1.165, 1.54) is 0 Å². The first-order chi connectivity index (χ1) is 4.97. The van der Waals surface area contributed by atoms with E-state index in [9.17, 15) is 0 Å². The topological polar surface area (TPSA) is 27.0 Å². The lowest BCUT2D eigenvalue weighted by Gasteiger charge is -1.87. The van der Waals surface area contributed by atoms with E-state index in [2.05, 4.69) is 9.97 Å². The summed E-state index contributed by atoms with van der Waals surface area (Å²) in [6, 6.07) is 5.91. The Balaban J connectivity index is 0.000000605. The van der Waals surface area contributed by atoms with Gasteiger partial charge in [0.2, 0.25) is 0 Å². The van der Waals surface area contributed by atoms with Gasteiger partial charge in [0.1, 0.15) is 0 Å². The molecule has 56 valence electrons. The molecule has 0 amide bonds. The summed E-state index contributed by atoms with van der Waals surface area (Å²) in [7, 11) is 0. The number of H-pyrrole nitrogens is 1. The summed E-state index contributed by atoms with van der Waals surface area (Å²) in [4.78, 5) is 7.16. The minimum absolute atomic E-state index is 0. The fourth-order valence-electron chi connectivity index (χ4n) is 0.956. The molecular weight excluding hydrogens is 251 g/mol. The third-order valence-electron chi connectivity index (χ3n) is 1.45. The third kappa shape index (κ3) is 1.65. The van der Waals surface area contributed by atoms with Gasteiger partial charge in [-0.05, 0) is 12.1 Å². The molecule has 0 aliphatic rings. The SMILES string of the molecule is [I-].c1cnc2cc[nH+]cc2c1. The Labute approximate surface area is 81.7 Å². The third-order valence-corrected chi connectivity index (χ3v) is 1.45. The van der Waals surface area contributed by atoms with Gasteiger partial charge in [0, 0.05) is 12.3 Å². The summed E-state index contributed by atoms with van der Waals surface area (Å²) >= 11 is 0. The van der Waals surface area contributed by atoms with Gasteiger partial charge in [0.05, 0.1) is 10.9 Å². The minimum atomic E-state index is 0. The van der Waals surface area contributed by atoms with Crippen LogP contribution in [0.3, 0.4) is 0 Å². The first kappa shape index (κ1) is 8.39. The Kier molecular flexibility index (Phi) is 2.76. The summed E-state index contributed by atoms with van der Waals surface area (Å²) in [6.07, 6.45) is 5.60. The van der Waals surface area contributed by atoms with Crippen LogP contribution >= 0.6 is 0 Å². The number of pyridine rings is 2. The summed E-state index contributed by atoms with van der Waals surface area (Å²) in [6.45, 7) is 0. The maximum absolute atomic E-state index is 4.16. The van der Waals surface area contributed by atoms with Crippen LogP contribution in [0.25, 0.3) is 10.9 Å². The zero-order valence-corrected chi connectivity index (χ0v) is 7.95. The molecule has 0 fully saturated rings. The predicted molar refractivity (Wildman–Crippen MR) is 38.3 cm³/mol. The number of halogens is 1. The maximum atomic E-state index is 4.16. The number of rotatable bonds is 0. The molecule has 0 atom stereocenters. The smallest absolute Gasteiger partial charge is 0.176 e. The highest BCUT2D eigenvalue weighted by molar-refractivity contribution is 5.75. The van der Waals surface area contributed by atoms with Crippen LogP contribution in [0.4, 0.5) is 0 Å². The number of nitrogens with one attached hydrogen (secondary N) is 1. The Morgan fingerprint density at radius 3 is 3.00 bits per heavy atom. The van der Waals surface area contributed by atoms with Gasteiger partial charge in [-0.2, -0.15) is 0 Å². The van der Waals surface area contributed by atoms with Gasteiger partial charge in [-0.3, -0.25) is 4.98 Å². The average molecular weight is 258 g/mol. The number of hydrogen-bond donors (Lipinski definition) is 0. The van der Waals surface area contributed by atoms with Crippen LogP contribution in [0.15, 0.2) is 36.8 Å². The number of fused-ring (bicyclic) bond motifs is 1.